The van der Waals surface area contributed by atoms with Crippen molar-refractivity contribution in [3.63, 3.8) is 0 Å². The number of rotatable bonds is 5. The smallest absolute Gasteiger partial charge is 0.0849 e. The van der Waals surface area contributed by atoms with Gasteiger partial charge in [0.1, 0.15) is 0 Å². The van der Waals surface area contributed by atoms with Crippen molar-refractivity contribution in [2.45, 2.75) is 19.9 Å². The summed E-state index contributed by atoms with van der Waals surface area (Å²) in [5.41, 5.74) is 1.78. The highest BCUT2D eigenvalue weighted by atomic mass is 35.5. The third-order valence-corrected chi connectivity index (χ3v) is 3.36. The van der Waals surface area contributed by atoms with E-state index in [0.29, 0.717) is 10.0 Å². The Morgan fingerprint density at radius 3 is 2.89 bits per heavy atom. The van der Waals surface area contributed by atoms with Crippen molar-refractivity contribution in [2.75, 3.05) is 6.54 Å². The van der Waals surface area contributed by atoms with Crippen molar-refractivity contribution in [3.05, 3.63) is 46.2 Å². The maximum atomic E-state index is 6.16. The van der Waals surface area contributed by atoms with Gasteiger partial charge >= 0.3 is 0 Å². The highest BCUT2D eigenvalue weighted by Crippen LogP contribution is 2.27. The predicted octanol–water partition coefficient (Wildman–Crippen LogP) is 3.68. The Labute approximate surface area is 117 Å². The van der Waals surface area contributed by atoms with Gasteiger partial charge in [0.15, 0.2) is 0 Å². The number of hydrogen-bond donors (Lipinski definition) is 1. The van der Waals surface area contributed by atoms with Crippen LogP contribution in [-0.4, -0.2) is 16.3 Å². The van der Waals surface area contributed by atoms with Crippen LogP contribution in [0.25, 0.3) is 5.69 Å². The number of benzene rings is 1. The fourth-order valence-electron chi connectivity index (χ4n) is 1.65. The van der Waals surface area contributed by atoms with Crippen LogP contribution in [0.2, 0.25) is 10.0 Å². The second-order valence-electron chi connectivity index (χ2n) is 4.00. The molecule has 1 aromatic heterocycles. The molecule has 0 spiro atoms. The van der Waals surface area contributed by atoms with E-state index in [1.807, 2.05) is 24.4 Å². The van der Waals surface area contributed by atoms with Gasteiger partial charge in [0.25, 0.3) is 0 Å². The Morgan fingerprint density at radius 1 is 1.28 bits per heavy atom. The van der Waals surface area contributed by atoms with Crippen molar-refractivity contribution in [2.24, 2.45) is 0 Å². The molecule has 0 unspecified atom stereocenters. The Kier molecular flexibility index (Phi) is 4.64. The maximum Gasteiger partial charge on any atom is 0.0849 e. The van der Waals surface area contributed by atoms with Crippen molar-refractivity contribution < 1.29 is 0 Å². The Balaban J connectivity index is 2.16. The molecule has 2 rings (SSSR count). The lowest BCUT2D eigenvalue weighted by atomic mass is 10.3. The summed E-state index contributed by atoms with van der Waals surface area (Å²) < 4.78 is 1.75. The van der Waals surface area contributed by atoms with Gasteiger partial charge < -0.3 is 5.32 Å². The van der Waals surface area contributed by atoms with Crippen LogP contribution in [0.5, 0.6) is 0 Å². The summed E-state index contributed by atoms with van der Waals surface area (Å²) in [6.07, 6.45) is 3.00. The quantitative estimate of drug-likeness (QED) is 0.849. The van der Waals surface area contributed by atoms with Gasteiger partial charge in [0.2, 0.25) is 0 Å². The average molecular weight is 284 g/mol. The third kappa shape index (κ3) is 3.05. The van der Waals surface area contributed by atoms with Crippen LogP contribution < -0.4 is 5.32 Å². The molecular formula is C13H15Cl2N3. The van der Waals surface area contributed by atoms with Crippen LogP contribution in [-0.2, 0) is 6.54 Å². The van der Waals surface area contributed by atoms with E-state index in [2.05, 4.69) is 17.3 Å². The molecule has 0 atom stereocenters. The first-order valence-electron chi connectivity index (χ1n) is 5.92. The van der Waals surface area contributed by atoms with Crippen LogP contribution in [0.3, 0.4) is 0 Å². The zero-order valence-electron chi connectivity index (χ0n) is 10.2. The number of hydrogen-bond acceptors (Lipinski definition) is 2. The molecule has 0 bridgehead atoms. The van der Waals surface area contributed by atoms with Crippen LogP contribution in [0.4, 0.5) is 0 Å². The van der Waals surface area contributed by atoms with Crippen molar-refractivity contribution in [1.82, 2.24) is 15.1 Å². The fraction of sp³-hybridized carbons (Fsp3) is 0.308. The van der Waals surface area contributed by atoms with Gasteiger partial charge in [0, 0.05) is 12.7 Å². The summed E-state index contributed by atoms with van der Waals surface area (Å²) in [6, 6.07) is 7.49. The number of nitrogens with one attached hydrogen (secondary N) is 1. The molecular weight excluding hydrogens is 269 g/mol. The number of nitrogens with zero attached hydrogens (tertiary/aromatic N) is 2. The molecule has 1 aromatic carbocycles. The maximum absolute atomic E-state index is 6.16. The van der Waals surface area contributed by atoms with E-state index in [1.165, 1.54) is 0 Å². The molecule has 96 valence electrons. The lowest BCUT2D eigenvalue weighted by Gasteiger charge is -2.05. The third-order valence-electron chi connectivity index (χ3n) is 2.56. The first-order valence-corrected chi connectivity index (χ1v) is 6.67. The fourth-order valence-corrected chi connectivity index (χ4v) is 2.03. The van der Waals surface area contributed by atoms with Gasteiger partial charge in [-0.2, -0.15) is 5.10 Å². The van der Waals surface area contributed by atoms with Gasteiger partial charge in [-0.1, -0.05) is 36.2 Å². The van der Waals surface area contributed by atoms with Crippen LogP contribution in [0.1, 0.15) is 19.0 Å². The molecule has 1 heterocycles. The van der Waals surface area contributed by atoms with E-state index in [0.717, 1.165) is 30.9 Å². The first kappa shape index (κ1) is 13.4. The van der Waals surface area contributed by atoms with Crippen molar-refractivity contribution in [1.29, 1.82) is 0 Å². The Morgan fingerprint density at radius 2 is 2.11 bits per heavy atom. The molecule has 2 aromatic rings. The van der Waals surface area contributed by atoms with Crippen LogP contribution >= 0.6 is 23.2 Å². The van der Waals surface area contributed by atoms with E-state index in [9.17, 15) is 0 Å². The standard InChI is InChI=1S/C13H15Cl2N3/c1-2-7-16-9-10-6-8-18(17-10)12-5-3-4-11(14)13(12)15/h3-6,8,16H,2,7,9H2,1H3. The zero-order valence-corrected chi connectivity index (χ0v) is 11.7. The highest BCUT2D eigenvalue weighted by molar-refractivity contribution is 6.43. The Hall–Kier alpha value is -1.03. The van der Waals surface area contributed by atoms with E-state index >= 15 is 0 Å². The lowest BCUT2D eigenvalue weighted by molar-refractivity contribution is 0.656. The molecule has 0 amide bonds. The summed E-state index contributed by atoms with van der Waals surface area (Å²) in [4.78, 5) is 0. The monoisotopic (exact) mass is 283 g/mol. The summed E-state index contributed by atoms with van der Waals surface area (Å²) in [5.74, 6) is 0. The molecule has 3 nitrogen and oxygen atoms in total. The lowest BCUT2D eigenvalue weighted by Crippen LogP contribution is -2.14. The van der Waals surface area contributed by atoms with E-state index < -0.39 is 0 Å². The molecule has 0 saturated heterocycles. The molecule has 0 aliphatic carbocycles. The second-order valence-corrected chi connectivity index (χ2v) is 4.79. The number of aromatic nitrogens is 2. The molecule has 0 saturated carbocycles. The molecule has 5 heteroatoms. The van der Waals surface area contributed by atoms with E-state index in [1.54, 1.807) is 10.7 Å². The average Bonchev–Trinajstić information content (AvgIpc) is 2.82. The minimum atomic E-state index is 0.523. The largest absolute Gasteiger partial charge is 0.311 e. The molecule has 0 radical (unpaired) electrons. The summed E-state index contributed by atoms with van der Waals surface area (Å²) >= 11 is 12.1. The molecule has 0 aliphatic rings. The van der Waals surface area contributed by atoms with Crippen molar-refractivity contribution >= 4 is 23.2 Å². The highest BCUT2D eigenvalue weighted by Gasteiger charge is 2.07. The minimum Gasteiger partial charge on any atom is -0.311 e. The van der Waals surface area contributed by atoms with Crippen molar-refractivity contribution in [3.8, 4) is 5.69 Å². The van der Waals surface area contributed by atoms with Gasteiger partial charge in [0.05, 0.1) is 21.4 Å². The van der Waals surface area contributed by atoms with Gasteiger partial charge in [-0.05, 0) is 31.2 Å². The van der Waals surface area contributed by atoms with E-state index in [4.69, 9.17) is 23.2 Å². The SMILES string of the molecule is CCCNCc1ccn(-c2cccc(Cl)c2Cl)n1. The second kappa shape index (κ2) is 6.23. The molecule has 1 N–H and O–H groups in total. The summed E-state index contributed by atoms with van der Waals surface area (Å²) in [5, 5.41) is 8.83. The normalized spacial score (nSPS) is 10.8. The van der Waals surface area contributed by atoms with E-state index in [-0.39, 0.29) is 0 Å². The first-order chi connectivity index (χ1) is 8.72. The summed E-state index contributed by atoms with van der Waals surface area (Å²) in [7, 11) is 0. The van der Waals surface area contributed by atoms with Gasteiger partial charge in [-0.25, -0.2) is 4.68 Å². The summed E-state index contributed by atoms with van der Waals surface area (Å²) in [6.45, 7) is 3.89. The van der Waals surface area contributed by atoms with Gasteiger partial charge in [-0.3, -0.25) is 0 Å². The zero-order chi connectivity index (χ0) is 13.0. The topological polar surface area (TPSA) is 29.9 Å². The number of halogens is 2. The minimum absolute atomic E-state index is 0.523. The Bertz CT molecular complexity index is 523. The van der Waals surface area contributed by atoms with Gasteiger partial charge in [-0.15, -0.1) is 0 Å². The predicted molar refractivity (Wildman–Crippen MR) is 75.6 cm³/mol. The van der Waals surface area contributed by atoms with Crippen LogP contribution in [0.15, 0.2) is 30.5 Å². The molecule has 0 aliphatic heterocycles. The molecule has 18 heavy (non-hydrogen) atoms. The van der Waals surface area contributed by atoms with Crippen LogP contribution in [0, 0.1) is 0 Å². The molecule has 0 fully saturated rings.